The van der Waals surface area contributed by atoms with Crippen LogP contribution in [0.2, 0.25) is 0 Å². The Morgan fingerprint density at radius 3 is 2.83 bits per heavy atom. The highest BCUT2D eigenvalue weighted by molar-refractivity contribution is 6.14. The molecule has 1 aromatic carbocycles. The van der Waals surface area contributed by atoms with E-state index in [1.54, 1.807) is 6.07 Å². The minimum Gasteiger partial charge on any atom is -0.293 e. The van der Waals surface area contributed by atoms with Gasteiger partial charge >= 0.3 is 0 Å². The summed E-state index contributed by atoms with van der Waals surface area (Å²) in [5.74, 6) is -3.01. The lowest BCUT2D eigenvalue weighted by Gasteiger charge is -2.21. The second-order valence-electron chi connectivity index (χ2n) is 3.78. The molecule has 18 heavy (non-hydrogen) atoms. The summed E-state index contributed by atoms with van der Waals surface area (Å²) in [6.45, 7) is 0. The van der Waals surface area contributed by atoms with E-state index in [0.29, 0.717) is 0 Å². The van der Waals surface area contributed by atoms with E-state index in [9.17, 15) is 14.0 Å². The smallest absolute Gasteiger partial charge is 0.267 e. The minimum absolute atomic E-state index is 0.0288. The number of aromatic nitrogens is 3. The minimum atomic E-state index is -1.24. The van der Waals surface area contributed by atoms with Gasteiger partial charge in [0.2, 0.25) is 11.9 Å². The number of nitrogens with one attached hydrogen (secondary N) is 1. The van der Waals surface area contributed by atoms with Gasteiger partial charge in [-0.3, -0.25) is 14.9 Å². The fourth-order valence-electron chi connectivity index (χ4n) is 1.89. The summed E-state index contributed by atoms with van der Waals surface area (Å²) in [7, 11) is 0. The molecule has 0 saturated carbocycles. The molecule has 1 amide bonds. The molecule has 0 aliphatic carbocycles. The topological polar surface area (TPSA) is 76.9 Å². The third-order valence-electron chi connectivity index (χ3n) is 2.72. The van der Waals surface area contributed by atoms with Crippen molar-refractivity contribution in [2.24, 2.45) is 0 Å². The fourth-order valence-corrected chi connectivity index (χ4v) is 1.89. The number of benzene rings is 1. The van der Waals surface area contributed by atoms with E-state index in [1.807, 2.05) is 0 Å². The van der Waals surface area contributed by atoms with Crippen molar-refractivity contribution in [1.29, 1.82) is 0 Å². The maximum absolute atomic E-state index is 13.6. The number of nitrogens with zero attached hydrogens (tertiary/aromatic N) is 3. The van der Waals surface area contributed by atoms with Crippen molar-refractivity contribution in [2.75, 3.05) is 5.32 Å². The van der Waals surface area contributed by atoms with Gasteiger partial charge in [-0.1, -0.05) is 18.2 Å². The number of fused-ring (bicyclic) bond motifs is 1. The maximum atomic E-state index is 13.6. The summed E-state index contributed by atoms with van der Waals surface area (Å²) in [5, 5.41) is 6.11. The Hall–Kier alpha value is -2.57. The quantitative estimate of drug-likeness (QED) is 0.755. The van der Waals surface area contributed by atoms with Crippen LogP contribution < -0.4 is 5.32 Å². The molecule has 6 nitrogen and oxygen atoms in total. The molecule has 0 fully saturated rings. The second kappa shape index (κ2) is 3.73. The van der Waals surface area contributed by atoms with Crippen LogP contribution in [0, 0.1) is 5.82 Å². The number of hydrogen-bond acceptors (Lipinski definition) is 4. The molecular formula is C11H7FN4O2. The number of rotatable bonds is 1. The standard InChI is InChI=1S/C11H7FN4O2/c12-7-4-2-1-3-6(7)8-9(17)15-11-13-5-14-16(11)10(8)18/h1-5,8H,(H,13,14,15,17). The van der Waals surface area contributed by atoms with Crippen LogP contribution in [0.5, 0.6) is 0 Å². The molecule has 0 radical (unpaired) electrons. The predicted octanol–water partition coefficient (Wildman–Crippen LogP) is 0.793. The highest BCUT2D eigenvalue weighted by Crippen LogP contribution is 2.26. The molecular weight excluding hydrogens is 239 g/mol. The molecule has 1 atom stereocenters. The Labute approximate surface area is 100 Å². The highest BCUT2D eigenvalue weighted by atomic mass is 19.1. The van der Waals surface area contributed by atoms with Gasteiger partial charge in [0.1, 0.15) is 18.1 Å². The first-order valence-electron chi connectivity index (χ1n) is 5.18. The lowest BCUT2D eigenvalue weighted by molar-refractivity contribution is -0.117. The molecule has 0 bridgehead atoms. The zero-order valence-electron chi connectivity index (χ0n) is 9.00. The third-order valence-corrected chi connectivity index (χ3v) is 2.72. The van der Waals surface area contributed by atoms with Crippen molar-refractivity contribution in [1.82, 2.24) is 14.8 Å². The molecule has 1 aromatic heterocycles. The molecule has 1 aliphatic heterocycles. The van der Waals surface area contributed by atoms with Crippen molar-refractivity contribution in [3.8, 4) is 0 Å². The van der Waals surface area contributed by atoms with E-state index in [1.165, 1.54) is 18.2 Å². The molecule has 2 heterocycles. The van der Waals surface area contributed by atoms with Crippen LogP contribution in [-0.2, 0) is 4.79 Å². The molecule has 0 saturated heterocycles. The molecule has 7 heteroatoms. The van der Waals surface area contributed by atoms with E-state index in [-0.39, 0.29) is 11.5 Å². The van der Waals surface area contributed by atoms with Crippen LogP contribution >= 0.6 is 0 Å². The lowest BCUT2D eigenvalue weighted by Crippen LogP contribution is -2.38. The van der Waals surface area contributed by atoms with Gasteiger partial charge in [0, 0.05) is 5.56 Å². The highest BCUT2D eigenvalue weighted by Gasteiger charge is 2.38. The summed E-state index contributed by atoms with van der Waals surface area (Å²) in [6.07, 6.45) is 1.15. The van der Waals surface area contributed by atoms with Gasteiger partial charge < -0.3 is 0 Å². The average Bonchev–Trinajstić information content (AvgIpc) is 2.79. The van der Waals surface area contributed by atoms with Gasteiger partial charge in [-0.2, -0.15) is 14.8 Å². The van der Waals surface area contributed by atoms with Gasteiger partial charge in [0.25, 0.3) is 5.91 Å². The van der Waals surface area contributed by atoms with Gasteiger partial charge in [0.05, 0.1) is 0 Å². The van der Waals surface area contributed by atoms with E-state index >= 15 is 0 Å². The van der Waals surface area contributed by atoms with E-state index in [2.05, 4.69) is 15.4 Å². The number of amides is 1. The number of hydrogen-bond donors (Lipinski definition) is 1. The summed E-state index contributed by atoms with van der Waals surface area (Å²) in [6, 6.07) is 5.66. The Balaban J connectivity index is 2.12. The van der Waals surface area contributed by atoms with Crippen LogP contribution in [0.3, 0.4) is 0 Å². The van der Waals surface area contributed by atoms with Crippen LogP contribution in [-0.4, -0.2) is 26.6 Å². The summed E-state index contributed by atoms with van der Waals surface area (Å²) < 4.78 is 14.6. The summed E-state index contributed by atoms with van der Waals surface area (Å²) >= 11 is 0. The molecule has 0 spiro atoms. The van der Waals surface area contributed by atoms with Crippen molar-refractivity contribution < 1.29 is 14.0 Å². The Kier molecular flexibility index (Phi) is 2.19. The average molecular weight is 246 g/mol. The van der Waals surface area contributed by atoms with Crippen LogP contribution in [0.1, 0.15) is 16.3 Å². The van der Waals surface area contributed by atoms with Crippen molar-refractivity contribution in [3.63, 3.8) is 0 Å². The van der Waals surface area contributed by atoms with Crippen LogP contribution in [0.4, 0.5) is 10.3 Å². The molecule has 1 unspecified atom stereocenters. The monoisotopic (exact) mass is 246 g/mol. The van der Waals surface area contributed by atoms with Crippen molar-refractivity contribution >= 4 is 17.8 Å². The molecule has 1 aliphatic rings. The van der Waals surface area contributed by atoms with Crippen molar-refractivity contribution in [3.05, 3.63) is 42.0 Å². The Morgan fingerprint density at radius 1 is 1.28 bits per heavy atom. The van der Waals surface area contributed by atoms with Crippen LogP contribution in [0.25, 0.3) is 0 Å². The zero-order valence-corrected chi connectivity index (χ0v) is 9.00. The van der Waals surface area contributed by atoms with Gasteiger partial charge in [-0.05, 0) is 6.07 Å². The fraction of sp³-hybridized carbons (Fsp3) is 0.0909. The molecule has 3 rings (SSSR count). The molecule has 2 aromatic rings. The third kappa shape index (κ3) is 1.41. The van der Waals surface area contributed by atoms with Gasteiger partial charge in [-0.25, -0.2) is 4.39 Å². The van der Waals surface area contributed by atoms with Gasteiger partial charge in [-0.15, -0.1) is 0 Å². The first kappa shape index (κ1) is 10.6. The Morgan fingerprint density at radius 2 is 2.06 bits per heavy atom. The summed E-state index contributed by atoms with van der Waals surface area (Å²) in [5.41, 5.74) is 0.0288. The van der Waals surface area contributed by atoms with Crippen LogP contribution in [0.15, 0.2) is 30.6 Å². The zero-order chi connectivity index (χ0) is 12.7. The van der Waals surface area contributed by atoms with E-state index in [0.717, 1.165) is 11.0 Å². The number of anilines is 1. The van der Waals surface area contributed by atoms with E-state index in [4.69, 9.17) is 0 Å². The maximum Gasteiger partial charge on any atom is 0.267 e. The molecule has 90 valence electrons. The van der Waals surface area contributed by atoms with E-state index < -0.39 is 23.5 Å². The second-order valence-corrected chi connectivity index (χ2v) is 3.78. The Bertz CT molecular complexity index is 652. The van der Waals surface area contributed by atoms with Gasteiger partial charge in [0.15, 0.2) is 0 Å². The number of carbonyl (C=O) groups is 2. The number of halogens is 1. The SMILES string of the molecule is O=C1Nc2ncnn2C(=O)C1c1ccccc1F. The normalized spacial score (nSPS) is 18.4. The van der Waals surface area contributed by atoms with Crippen molar-refractivity contribution in [2.45, 2.75) is 5.92 Å². The first-order valence-corrected chi connectivity index (χ1v) is 5.18. The predicted molar refractivity (Wildman–Crippen MR) is 58.4 cm³/mol. The largest absolute Gasteiger partial charge is 0.293 e. The number of carbonyl (C=O) groups excluding carboxylic acids is 2. The molecule has 1 N–H and O–H groups in total. The lowest BCUT2D eigenvalue weighted by atomic mass is 9.96. The summed E-state index contributed by atoms with van der Waals surface area (Å²) in [4.78, 5) is 27.6. The first-order chi connectivity index (χ1) is 8.68.